The van der Waals surface area contributed by atoms with Crippen LogP contribution in [0.25, 0.3) is 0 Å². The van der Waals surface area contributed by atoms with Crippen LogP contribution in [0.3, 0.4) is 0 Å². The maximum absolute atomic E-state index is 14.1. The van der Waals surface area contributed by atoms with E-state index in [0.717, 1.165) is 0 Å². The summed E-state index contributed by atoms with van der Waals surface area (Å²) in [6, 6.07) is 2.22. The van der Waals surface area contributed by atoms with Crippen LogP contribution < -0.4 is 5.32 Å². The van der Waals surface area contributed by atoms with Crippen molar-refractivity contribution in [2.24, 2.45) is 0 Å². The lowest BCUT2D eigenvalue weighted by Crippen LogP contribution is -2.46. The van der Waals surface area contributed by atoms with Gasteiger partial charge in [-0.15, -0.1) is 0 Å². The highest BCUT2D eigenvalue weighted by Crippen LogP contribution is 2.31. The fourth-order valence-electron chi connectivity index (χ4n) is 2.45. The minimum atomic E-state index is -0.779. The molecular formula is C14H14BrFN2O3. The van der Waals surface area contributed by atoms with E-state index in [1.165, 1.54) is 17.0 Å². The molecule has 0 radical (unpaired) electrons. The van der Waals surface area contributed by atoms with E-state index in [1.807, 2.05) is 6.92 Å². The van der Waals surface area contributed by atoms with E-state index in [9.17, 15) is 18.8 Å². The molecule has 3 amide bonds. The second-order valence-electron chi connectivity index (χ2n) is 4.75. The van der Waals surface area contributed by atoms with Gasteiger partial charge in [-0.25, -0.2) is 4.39 Å². The van der Waals surface area contributed by atoms with E-state index in [4.69, 9.17) is 0 Å². The first-order valence-electron chi connectivity index (χ1n) is 6.53. The molecule has 1 aromatic rings. The third kappa shape index (κ3) is 2.83. The lowest BCUT2D eigenvalue weighted by Gasteiger charge is -2.25. The van der Waals surface area contributed by atoms with Crippen molar-refractivity contribution >= 4 is 34.2 Å². The molecule has 1 aliphatic rings. The third-order valence-electron chi connectivity index (χ3n) is 3.46. The zero-order valence-electron chi connectivity index (χ0n) is 11.4. The predicted octanol–water partition coefficient (Wildman–Crippen LogP) is 1.99. The highest BCUT2D eigenvalue weighted by Gasteiger charge is 2.37. The van der Waals surface area contributed by atoms with Crippen LogP contribution in [-0.2, 0) is 16.1 Å². The van der Waals surface area contributed by atoms with E-state index >= 15 is 0 Å². The molecule has 0 fully saturated rings. The smallest absolute Gasteiger partial charge is 0.255 e. The fraction of sp³-hybridized carbons (Fsp3) is 0.357. The minimum absolute atomic E-state index is 0.0242. The largest absolute Gasteiger partial charge is 0.322 e. The Kier molecular flexibility index (Phi) is 4.72. The second kappa shape index (κ2) is 6.34. The predicted molar refractivity (Wildman–Crippen MR) is 76.9 cm³/mol. The van der Waals surface area contributed by atoms with Crippen LogP contribution in [0.4, 0.5) is 4.39 Å². The number of halogens is 2. The second-order valence-corrected chi connectivity index (χ2v) is 5.61. The molecule has 0 spiro atoms. The Balaban J connectivity index is 2.33. The third-order valence-corrected chi connectivity index (χ3v) is 4.07. The zero-order valence-corrected chi connectivity index (χ0v) is 12.9. The molecule has 0 aliphatic carbocycles. The Hall–Kier alpha value is -1.76. The van der Waals surface area contributed by atoms with Gasteiger partial charge < -0.3 is 4.90 Å². The summed E-state index contributed by atoms with van der Waals surface area (Å²) in [5.74, 6) is -1.43. The topological polar surface area (TPSA) is 66.5 Å². The quantitative estimate of drug-likeness (QED) is 0.820. The summed E-state index contributed by atoms with van der Waals surface area (Å²) in [6.45, 7) is 1.89. The summed E-state index contributed by atoms with van der Waals surface area (Å²) in [4.78, 5) is 36.0. The standard InChI is InChI=1S/C14H14BrFN2O3/c1-2-3-11(13(20)17-7-19)18-6-9-8(14(18)21)4-5-10(15)12(9)16/h4-5,7,11H,2-3,6H2,1H3,(H,17,19,20). The first-order valence-corrected chi connectivity index (χ1v) is 7.32. The number of amides is 3. The minimum Gasteiger partial charge on any atom is -0.322 e. The molecule has 21 heavy (non-hydrogen) atoms. The van der Waals surface area contributed by atoms with Crippen molar-refractivity contribution in [3.05, 3.63) is 33.5 Å². The number of carbonyl (C=O) groups is 3. The average Bonchev–Trinajstić information content (AvgIpc) is 2.78. The Morgan fingerprint density at radius 1 is 1.57 bits per heavy atom. The number of carbonyl (C=O) groups excluding carboxylic acids is 3. The van der Waals surface area contributed by atoms with Gasteiger partial charge in [-0.3, -0.25) is 19.7 Å². The van der Waals surface area contributed by atoms with Crippen molar-refractivity contribution < 1.29 is 18.8 Å². The molecule has 112 valence electrons. The Morgan fingerprint density at radius 3 is 2.90 bits per heavy atom. The van der Waals surface area contributed by atoms with Crippen molar-refractivity contribution in [1.29, 1.82) is 0 Å². The highest BCUT2D eigenvalue weighted by atomic mass is 79.9. The van der Waals surface area contributed by atoms with Crippen LogP contribution >= 0.6 is 15.9 Å². The van der Waals surface area contributed by atoms with E-state index < -0.39 is 23.7 Å². The first-order chi connectivity index (χ1) is 10.0. The van der Waals surface area contributed by atoms with Gasteiger partial charge in [0.15, 0.2) is 0 Å². The summed E-state index contributed by atoms with van der Waals surface area (Å²) in [5, 5.41) is 2.06. The summed E-state index contributed by atoms with van der Waals surface area (Å²) >= 11 is 3.08. The maximum Gasteiger partial charge on any atom is 0.255 e. The van der Waals surface area contributed by atoms with Crippen molar-refractivity contribution in [2.45, 2.75) is 32.4 Å². The van der Waals surface area contributed by atoms with Gasteiger partial charge in [-0.05, 0) is 34.5 Å². The number of nitrogens with zero attached hydrogens (tertiary/aromatic N) is 1. The fourth-order valence-corrected chi connectivity index (χ4v) is 2.82. The van der Waals surface area contributed by atoms with Crippen LogP contribution in [0, 0.1) is 5.82 Å². The summed E-state index contributed by atoms with van der Waals surface area (Å²) < 4.78 is 14.3. The molecule has 5 nitrogen and oxygen atoms in total. The van der Waals surface area contributed by atoms with Crippen molar-refractivity contribution in [1.82, 2.24) is 10.2 Å². The lowest BCUT2D eigenvalue weighted by atomic mass is 10.1. The van der Waals surface area contributed by atoms with Gasteiger partial charge in [0.1, 0.15) is 11.9 Å². The van der Waals surface area contributed by atoms with Crippen LogP contribution in [0.15, 0.2) is 16.6 Å². The molecule has 7 heteroatoms. The van der Waals surface area contributed by atoms with Crippen molar-refractivity contribution in [3.8, 4) is 0 Å². The monoisotopic (exact) mass is 356 g/mol. The number of rotatable bonds is 5. The molecule has 0 aromatic heterocycles. The highest BCUT2D eigenvalue weighted by molar-refractivity contribution is 9.10. The number of nitrogens with one attached hydrogen (secondary N) is 1. The van der Waals surface area contributed by atoms with Gasteiger partial charge in [0.2, 0.25) is 12.3 Å². The van der Waals surface area contributed by atoms with Gasteiger partial charge in [0.05, 0.1) is 11.0 Å². The van der Waals surface area contributed by atoms with Crippen molar-refractivity contribution in [2.75, 3.05) is 0 Å². The molecular weight excluding hydrogens is 343 g/mol. The molecule has 2 rings (SSSR count). The maximum atomic E-state index is 14.1. The van der Waals surface area contributed by atoms with Gasteiger partial charge in [0.25, 0.3) is 5.91 Å². The van der Waals surface area contributed by atoms with Gasteiger partial charge in [-0.1, -0.05) is 13.3 Å². The Bertz CT molecular complexity index is 606. The van der Waals surface area contributed by atoms with E-state index in [1.54, 1.807) is 0 Å². The molecule has 0 saturated carbocycles. The molecule has 1 heterocycles. The number of hydrogen-bond donors (Lipinski definition) is 1. The summed E-state index contributed by atoms with van der Waals surface area (Å²) in [6.07, 6.45) is 1.35. The SMILES string of the molecule is CCCC(C(=O)NC=O)N1Cc2c(ccc(Br)c2F)C1=O. The molecule has 1 N–H and O–H groups in total. The lowest BCUT2D eigenvalue weighted by molar-refractivity contribution is -0.129. The van der Waals surface area contributed by atoms with E-state index in [2.05, 4.69) is 21.2 Å². The molecule has 1 unspecified atom stereocenters. The Labute approximate surface area is 129 Å². The molecule has 0 bridgehead atoms. The molecule has 0 saturated heterocycles. The van der Waals surface area contributed by atoms with Crippen LogP contribution in [0.5, 0.6) is 0 Å². The van der Waals surface area contributed by atoms with Gasteiger partial charge in [-0.2, -0.15) is 0 Å². The molecule has 1 atom stereocenters. The van der Waals surface area contributed by atoms with Crippen molar-refractivity contribution in [3.63, 3.8) is 0 Å². The van der Waals surface area contributed by atoms with Crippen LogP contribution in [0.1, 0.15) is 35.7 Å². The van der Waals surface area contributed by atoms with Gasteiger partial charge in [0, 0.05) is 11.1 Å². The summed E-state index contributed by atoms with van der Waals surface area (Å²) in [5.41, 5.74) is 0.532. The number of fused-ring (bicyclic) bond motifs is 1. The van der Waals surface area contributed by atoms with E-state index in [0.29, 0.717) is 12.8 Å². The molecule has 1 aromatic carbocycles. The first kappa shape index (κ1) is 15.6. The molecule has 1 aliphatic heterocycles. The Morgan fingerprint density at radius 2 is 2.29 bits per heavy atom. The normalized spacial score (nSPS) is 14.8. The van der Waals surface area contributed by atoms with Gasteiger partial charge >= 0.3 is 0 Å². The van der Waals surface area contributed by atoms with Crippen LogP contribution in [0.2, 0.25) is 0 Å². The zero-order chi connectivity index (χ0) is 15.6. The number of benzene rings is 1. The number of hydrogen-bond acceptors (Lipinski definition) is 3. The summed E-state index contributed by atoms with van der Waals surface area (Å²) in [7, 11) is 0. The van der Waals surface area contributed by atoms with E-state index in [-0.39, 0.29) is 28.6 Å². The van der Waals surface area contributed by atoms with Crippen LogP contribution in [-0.4, -0.2) is 29.2 Å². The number of imide groups is 1. The average molecular weight is 357 g/mol.